The van der Waals surface area contributed by atoms with Crippen molar-refractivity contribution in [2.75, 3.05) is 32.8 Å². The van der Waals surface area contributed by atoms with Crippen LogP contribution in [-0.4, -0.2) is 109 Å². The Labute approximate surface area is 399 Å². The van der Waals surface area contributed by atoms with Crippen LogP contribution in [0.3, 0.4) is 0 Å². The fourth-order valence-electron chi connectivity index (χ4n) is 8.19. The Morgan fingerprint density at radius 3 is 1.51 bits per heavy atom. The van der Waals surface area contributed by atoms with Crippen molar-refractivity contribution < 1.29 is 33.9 Å². The first-order valence-corrected chi connectivity index (χ1v) is 24.2. The lowest BCUT2D eigenvalue weighted by Gasteiger charge is -2.31. The summed E-state index contributed by atoms with van der Waals surface area (Å²) < 4.78 is 0. The summed E-state index contributed by atoms with van der Waals surface area (Å²) in [6.45, 7) is 12.3. The number of amides is 4. The summed E-state index contributed by atoms with van der Waals surface area (Å²) in [6, 6.07) is -1.72. The molecule has 0 heterocycles. The summed E-state index contributed by atoms with van der Waals surface area (Å²) in [5.74, 6) is -4.84. The highest BCUT2D eigenvalue weighted by Gasteiger charge is 2.32. The number of carbonyl (C=O) groups is 6. The lowest BCUT2D eigenvalue weighted by Crippen LogP contribution is -2.46. The molecule has 0 aromatic rings. The number of aliphatic hydroxyl groups is 1. The van der Waals surface area contributed by atoms with Crippen LogP contribution in [0, 0.1) is 41.4 Å². The van der Waals surface area contributed by atoms with Crippen molar-refractivity contribution in [3.8, 4) is 0 Å². The Kier molecular flexibility index (Phi) is 32.5. The fraction of sp³-hybridized carbons (Fsp3) is 0.804. The van der Waals surface area contributed by atoms with Crippen LogP contribution >= 0.6 is 0 Å². The zero-order valence-corrected chi connectivity index (χ0v) is 41.5. The minimum atomic E-state index is -1.00. The molecule has 0 fully saturated rings. The van der Waals surface area contributed by atoms with Gasteiger partial charge in [-0.25, -0.2) is 0 Å². The number of primary amides is 1. The molecule has 0 saturated heterocycles. The Bertz CT molecular complexity index is 1580. The molecule has 21 nitrogen and oxygen atoms in total. The van der Waals surface area contributed by atoms with E-state index in [0.29, 0.717) is 90.1 Å². The van der Waals surface area contributed by atoms with Gasteiger partial charge in [0.05, 0.1) is 18.6 Å². The number of nitrogens with two attached hydrogens (primary N) is 8. The molecule has 0 spiro atoms. The third kappa shape index (κ3) is 30.1. The van der Waals surface area contributed by atoms with Crippen LogP contribution in [0.1, 0.15) is 144 Å². The molecular formula is C46H90N14O7. The number of Topliss-reactive ketones (excluding diaryl/α,β-unsaturated/α-hetero) is 2. The molecule has 0 aromatic heterocycles. The number of guanidine groups is 3. The fourth-order valence-corrected chi connectivity index (χ4v) is 8.19. The summed E-state index contributed by atoms with van der Waals surface area (Å²) in [6.07, 6.45) is 5.95. The van der Waals surface area contributed by atoms with Gasteiger partial charge in [0.2, 0.25) is 23.6 Å². The Morgan fingerprint density at radius 1 is 0.522 bits per heavy atom. The van der Waals surface area contributed by atoms with Crippen LogP contribution in [0.4, 0.5) is 0 Å². The van der Waals surface area contributed by atoms with Gasteiger partial charge in [0.25, 0.3) is 0 Å². The van der Waals surface area contributed by atoms with Crippen molar-refractivity contribution in [3.63, 3.8) is 0 Å². The highest BCUT2D eigenvalue weighted by atomic mass is 16.3. The molecule has 0 aliphatic heterocycles. The molecule has 0 rings (SSSR count). The van der Waals surface area contributed by atoms with Crippen molar-refractivity contribution in [2.45, 2.75) is 162 Å². The van der Waals surface area contributed by atoms with Gasteiger partial charge in [0.1, 0.15) is 5.78 Å². The number of nitrogens with zero attached hydrogens (tertiary/aromatic N) is 3. The molecule has 386 valence electrons. The van der Waals surface area contributed by atoms with Gasteiger partial charge in [0.15, 0.2) is 23.7 Å². The zero-order chi connectivity index (χ0) is 51.1. The predicted molar refractivity (Wildman–Crippen MR) is 266 cm³/mol. The summed E-state index contributed by atoms with van der Waals surface area (Å²) in [7, 11) is 0. The van der Waals surface area contributed by atoms with Gasteiger partial charge in [-0.3, -0.25) is 38.9 Å². The second-order valence-electron chi connectivity index (χ2n) is 19.0. The smallest absolute Gasteiger partial charge is 0.224 e. The van der Waals surface area contributed by atoms with Crippen LogP contribution in [0.25, 0.3) is 0 Å². The van der Waals surface area contributed by atoms with Gasteiger partial charge in [-0.1, -0.05) is 41.0 Å². The maximum atomic E-state index is 14.4. The number of hydrogen-bond donors (Lipinski definition) is 12. The van der Waals surface area contributed by atoms with E-state index in [1.54, 1.807) is 0 Å². The van der Waals surface area contributed by atoms with Crippen molar-refractivity contribution in [1.29, 1.82) is 0 Å². The maximum Gasteiger partial charge on any atom is 0.224 e. The molecular weight excluding hydrogens is 861 g/mol. The first-order valence-electron chi connectivity index (χ1n) is 24.2. The molecule has 0 saturated carbocycles. The molecule has 4 amide bonds. The van der Waals surface area contributed by atoms with Gasteiger partial charge < -0.3 is 71.7 Å². The molecule has 0 aliphatic carbocycles. The van der Waals surface area contributed by atoms with Gasteiger partial charge in [-0.15, -0.1) is 0 Å². The second-order valence-corrected chi connectivity index (χ2v) is 19.0. The van der Waals surface area contributed by atoms with Crippen LogP contribution < -0.4 is 61.8 Å². The summed E-state index contributed by atoms with van der Waals surface area (Å²) >= 11 is 0. The third-order valence-corrected chi connectivity index (χ3v) is 11.7. The molecule has 0 aromatic carbocycles. The van der Waals surface area contributed by atoms with E-state index < -0.39 is 53.5 Å². The van der Waals surface area contributed by atoms with E-state index in [-0.39, 0.29) is 105 Å². The maximum absolute atomic E-state index is 14.4. The minimum Gasteiger partial charge on any atom is -0.396 e. The molecule has 8 atom stereocenters. The average molecular weight is 951 g/mol. The monoisotopic (exact) mass is 951 g/mol. The van der Waals surface area contributed by atoms with Crippen LogP contribution in [0.5, 0.6) is 0 Å². The van der Waals surface area contributed by atoms with Crippen molar-refractivity contribution in [3.05, 3.63) is 0 Å². The van der Waals surface area contributed by atoms with Gasteiger partial charge in [-0.2, -0.15) is 0 Å². The van der Waals surface area contributed by atoms with Crippen molar-refractivity contribution in [2.24, 2.45) is 102 Å². The van der Waals surface area contributed by atoms with E-state index in [1.165, 1.54) is 6.92 Å². The van der Waals surface area contributed by atoms with Gasteiger partial charge >= 0.3 is 0 Å². The SMILES string of the molecule is CC(=O)C[C@@H](CCCCN)C(=O)N[C@@H](CCCN=C(N)N)C(=O)CC(CCCN=C(N)N)C(=O)N[C@@H](CCCN=C(N)N)CC[C@@H](CC(C)C)C(=O)N[C@@H](CC(C)C)C(C)C[C@@H](CO)C(N)=O. The Balaban J connectivity index is 6.77. The molecule has 20 N–H and O–H groups in total. The molecule has 67 heavy (non-hydrogen) atoms. The van der Waals surface area contributed by atoms with Crippen molar-refractivity contribution in [1.82, 2.24) is 16.0 Å². The van der Waals surface area contributed by atoms with Gasteiger partial charge in [0, 0.05) is 62.3 Å². The highest BCUT2D eigenvalue weighted by Crippen LogP contribution is 2.25. The predicted octanol–water partition coefficient (Wildman–Crippen LogP) is 0.510. The number of unbranched alkanes of at least 4 members (excludes halogenated alkanes) is 1. The van der Waals surface area contributed by atoms with E-state index in [2.05, 4.69) is 44.8 Å². The Morgan fingerprint density at radius 2 is 1.01 bits per heavy atom. The molecule has 0 aliphatic rings. The minimum absolute atomic E-state index is 0.00501. The topological polar surface area (TPSA) is 404 Å². The van der Waals surface area contributed by atoms with Crippen LogP contribution in [0.2, 0.25) is 0 Å². The van der Waals surface area contributed by atoms with Crippen LogP contribution in [0.15, 0.2) is 15.0 Å². The number of nitrogens with one attached hydrogen (secondary N) is 3. The van der Waals surface area contributed by atoms with Crippen LogP contribution in [-0.2, 0) is 28.8 Å². The number of ketones is 2. The summed E-state index contributed by atoms with van der Waals surface area (Å²) in [4.78, 5) is 92.9. The molecule has 0 bridgehead atoms. The molecule has 21 heteroatoms. The van der Waals surface area contributed by atoms with E-state index in [1.807, 2.05) is 20.8 Å². The normalized spacial score (nSPS) is 14.9. The molecule has 0 radical (unpaired) electrons. The van der Waals surface area contributed by atoms with E-state index >= 15 is 0 Å². The number of rotatable bonds is 39. The molecule has 2 unspecified atom stereocenters. The first-order chi connectivity index (χ1) is 31.5. The summed E-state index contributed by atoms with van der Waals surface area (Å²) in [5.41, 5.74) is 44.6. The number of carbonyl (C=O) groups excluding carboxylic acids is 6. The van der Waals surface area contributed by atoms with E-state index in [0.717, 1.165) is 0 Å². The Hall–Kier alpha value is -5.05. The second kappa shape index (κ2) is 35.1. The van der Waals surface area contributed by atoms with E-state index in [4.69, 9.17) is 45.9 Å². The largest absolute Gasteiger partial charge is 0.396 e. The third-order valence-electron chi connectivity index (χ3n) is 11.7. The lowest BCUT2D eigenvalue weighted by atomic mass is 9.84. The van der Waals surface area contributed by atoms with E-state index in [9.17, 15) is 33.9 Å². The van der Waals surface area contributed by atoms with Crippen molar-refractivity contribution >= 4 is 53.1 Å². The first kappa shape index (κ1) is 61.9. The number of aliphatic imine (C=N–C) groups is 3. The summed E-state index contributed by atoms with van der Waals surface area (Å²) in [5, 5.41) is 19.1. The number of aliphatic hydroxyl groups excluding tert-OH is 1. The average Bonchev–Trinajstić information content (AvgIpc) is 3.23. The quantitative estimate of drug-likeness (QED) is 0.0227. The highest BCUT2D eigenvalue weighted by molar-refractivity contribution is 5.94. The standard InChI is InChI=1S/C46H90N14O7/c1-28(2)22-34(43(67)60-38(23-29(3)4)30(5)24-35(27-61)40(48)64)16-17-36(14-10-20-56-45(51)52)58-41(65)33(13-9-19-55-44(49)50)26-39(63)37(15-11-21-57-46(53)54)59-42(66)32(25-31(6)62)12-7-8-18-47/h28-30,32-38,61H,7-27,47H2,1-6H3,(H2,48,64)(H,58,65)(H,59,66)(H,60,67)(H4,49,50,55)(H4,51,52,56)(H4,53,54,57)/t30?,32-,33?,34+,35+,36+,37+,38+/m1/s1. The van der Waals surface area contributed by atoms with Gasteiger partial charge in [-0.05, 0) is 115 Å². The number of hydrogen-bond acceptors (Lipinski definition) is 11. The lowest BCUT2D eigenvalue weighted by molar-refractivity contribution is -0.134. The zero-order valence-electron chi connectivity index (χ0n) is 41.5.